The van der Waals surface area contributed by atoms with Crippen molar-refractivity contribution in [3.8, 4) is 0 Å². The molecule has 2 unspecified atom stereocenters. The topological polar surface area (TPSA) is 49.3 Å². The van der Waals surface area contributed by atoms with Gasteiger partial charge in [-0.3, -0.25) is 4.79 Å². The molecule has 2 atom stereocenters. The van der Waals surface area contributed by atoms with Gasteiger partial charge in [0.05, 0.1) is 6.10 Å². The van der Waals surface area contributed by atoms with Crippen molar-refractivity contribution < 1.29 is 9.90 Å². The highest BCUT2D eigenvalue weighted by atomic mass is 16.3. The molecule has 0 aliphatic rings. The maximum atomic E-state index is 11.9. The summed E-state index contributed by atoms with van der Waals surface area (Å²) in [5.41, 5.74) is 1.22. The van der Waals surface area contributed by atoms with Crippen LogP contribution in [-0.2, 0) is 4.79 Å². The van der Waals surface area contributed by atoms with E-state index in [2.05, 4.69) is 24.4 Å². The van der Waals surface area contributed by atoms with Crippen LogP contribution in [0.4, 0.5) is 0 Å². The maximum Gasteiger partial charge on any atom is 0.220 e. The molecule has 3 nitrogen and oxygen atoms in total. The van der Waals surface area contributed by atoms with Crippen LogP contribution in [0.2, 0.25) is 0 Å². The van der Waals surface area contributed by atoms with Gasteiger partial charge in [0.1, 0.15) is 0 Å². The van der Waals surface area contributed by atoms with Gasteiger partial charge < -0.3 is 10.4 Å². The number of aliphatic hydroxyl groups excluding tert-OH is 1. The standard InChI is InChI=1S/C16H25NO2/c1-3-13(14-8-6-5-7-9-14)12-16(19)17-11-10-15(18)4-2/h5-9,13,15,18H,3-4,10-12H2,1-2H3,(H,17,19). The minimum Gasteiger partial charge on any atom is -0.393 e. The van der Waals surface area contributed by atoms with Crippen LogP contribution in [0.1, 0.15) is 51.0 Å². The number of hydrogen-bond acceptors (Lipinski definition) is 2. The molecule has 0 saturated carbocycles. The lowest BCUT2D eigenvalue weighted by atomic mass is 9.93. The summed E-state index contributed by atoms with van der Waals surface area (Å²) in [5, 5.41) is 12.3. The largest absolute Gasteiger partial charge is 0.393 e. The van der Waals surface area contributed by atoms with E-state index in [0.717, 1.165) is 12.8 Å². The number of hydrogen-bond donors (Lipinski definition) is 2. The number of amides is 1. The zero-order valence-corrected chi connectivity index (χ0v) is 11.9. The number of benzene rings is 1. The summed E-state index contributed by atoms with van der Waals surface area (Å²) in [6.45, 7) is 4.60. The van der Waals surface area contributed by atoms with Crippen molar-refractivity contribution in [2.75, 3.05) is 6.54 Å². The zero-order valence-electron chi connectivity index (χ0n) is 11.9. The Balaban J connectivity index is 2.37. The van der Waals surface area contributed by atoms with E-state index in [1.165, 1.54) is 5.56 Å². The second kappa shape index (κ2) is 8.70. The van der Waals surface area contributed by atoms with Gasteiger partial charge in [-0.05, 0) is 30.7 Å². The van der Waals surface area contributed by atoms with Crippen LogP contribution in [0.25, 0.3) is 0 Å². The molecular weight excluding hydrogens is 238 g/mol. The van der Waals surface area contributed by atoms with E-state index in [1.54, 1.807) is 0 Å². The van der Waals surface area contributed by atoms with Gasteiger partial charge in [0.25, 0.3) is 0 Å². The highest BCUT2D eigenvalue weighted by molar-refractivity contribution is 5.76. The van der Waals surface area contributed by atoms with E-state index in [-0.39, 0.29) is 17.9 Å². The fourth-order valence-electron chi connectivity index (χ4n) is 2.10. The lowest BCUT2D eigenvalue weighted by molar-refractivity contribution is -0.121. The van der Waals surface area contributed by atoms with Crippen molar-refractivity contribution in [1.82, 2.24) is 5.32 Å². The van der Waals surface area contributed by atoms with E-state index >= 15 is 0 Å². The Morgan fingerprint density at radius 3 is 2.47 bits per heavy atom. The lowest BCUT2D eigenvalue weighted by Gasteiger charge is -2.15. The Morgan fingerprint density at radius 1 is 1.21 bits per heavy atom. The molecule has 1 aromatic rings. The molecule has 0 aliphatic carbocycles. The van der Waals surface area contributed by atoms with Gasteiger partial charge in [-0.25, -0.2) is 0 Å². The van der Waals surface area contributed by atoms with Gasteiger partial charge in [0.15, 0.2) is 0 Å². The summed E-state index contributed by atoms with van der Waals surface area (Å²) in [6, 6.07) is 10.1. The first-order valence-corrected chi connectivity index (χ1v) is 7.17. The van der Waals surface area contributed by atoms with Gasteiger partial charge in [-0.1, -0.05) is 44.2 Å². The monoisotopic (exact) mass is 263 g/mol. The molecule has 0 aromatic heterocycles. The third-order valence-electron chi connectivity index (χ3n) is 3.47. The van der Waals surface area contributed by atoms with Gasteiger partial charge >= 0.3 is 0 Å². The molecule has 0 aliphatic heterocycles. The van der Waals surface area contributed by atoms with Crippen LogP contribution < -0.4 is 5.32 Å². The third-order valence-corrected chi connectivity index (χ3v) is 3.47. The molecule has 2 N–H and O–H groups in total. The predicted octanol–water partition coefficient (Wildman–Crippen LogP) is 2.85. The van der Waals surface area contributed by atoms with Gasteiger partial charge in [0.2, 0.25) is 5.91 Å². The first-order chi connectivity index (χ1) is 9.17. The Bertz CT molecular complexity index is 364. The number of rotatable bonds is 8. The van der Waals surface area contributed by atoms with Crippen molar-refractivity contribution in [2.45, 2.75) is 51.6 Å². The van der Waals surface area contributed by atoms with Crippen molar-refractivity contribution in [1.29, 1.82) is 0 Å². The molecule has 1 rings (SSSR count). The number of aliphatic hydroxyl groups is 1. The van der Waals surface area contributed by atoms with Crippen LogP contribution in [0.15, 0.2) is 30.3 Å². The van der Waals surface area contributed by atoms with Crippen molar-refractivity contribution in [3.05, 3.63) is 35.9 Å². The van der Waals surface area contributed by atoms with Gasteiger partial charge in [-0.15, -0.1) is 0 Å². The highest BCUT2D eigenvalue weighted by Crippen LogP contribution is 2.22. The Morgan fingerprint density at radius 2 is 1.89 bits per heavy atom. The maximum absolute atomic E-state index is 11.9. The average molecular weight is 263 g/mol. The summed E-state index contributed by atoms with van der Waals surface area (Å²) in [6.07, 6.45) is 2.52. The molecule has 0 saturated heterocycles. The SMILES string of the molecule is CCC(O)CCNC(=O)CC(CC)c1ccccc1. The summed E-state index contributed by atoms with van der Waals surface area (Å²) in [5.74, 6) is 0.344. The Hall–Kier alpha value is -1.35. The fraction of sp³-hybridized carbons (Fsp3) is 0.562. The quantitative estimate of drug-likeness (QED) is 0.757. The smallest absolute Gasteiger partial charge is 0.220 e. The van der Waals surface area contributed by atoms with Gasteiger partial charge in [0, 0.05) is 13.0 Å². The first kappa shape index (κ1) is 15.7. The second-order valence-electron chi connectivity index (χ2n) is 4.92. The van der Waals surface area contributed by atoms with Crippen molar-refractivity contribution >= 4 is 5.91 Å². The van der Waals surface area contributed by atoms with E-state index in [0.29, 0.717) is 19.4 Å². The Labute approximate surface area is 116 Å². The van der Waals surface area contributed by atoms with Crippen LogP contribution in [-0.4, -0.2) is 23.7 Å². The number of carbonyl (C=O) groups is 1. The third kappa shape index (κ3) is 5.88. The summed E-state index contributed by atoms with van der Waals surface area (Å²) in [7, 11) is 0. The molecule has 1 aromatic carbocycles. The molecule has 0 fully saturated rings. The molecule has 1 amide bonds. The van der Waals surface area contributed by atoms with Gasteiger partial charge in [-0.2, -0.15) is 0 Å². The minimum absolute atomic E-state index is 0.0685. The van der Waals surface area contributed by atoms with Crippen molar-refractivity contribution in [2.24, 2.45) is 0 Å². The van der Waals surface area contributed by atoms with Crippen LogP contribution in [0.5, 0.6) is 0 Å². The van der Waals surface area contributed by atoms with Crippen LogP contribution >= 0.6 is 0 Å². The zero-order chi connectivity index (χ0) is 14.1. The van der Waals surface area contributed by atoms with E-state index in [4.69, 9.17) is 0 Å². The predicted molar refractivity (Wildman–Crippen MR) is 78.0 cm³/mol. The number of carbonyl (C=O) groups excluding carboxylic acids is 1. The first-order valence-electron chi connectivity index (χ1n) is 7.17. The molecule has 0 bridgehead atoms. The Kier molecular flexibility index (Phi) is 7.19. The molecule has 3 heteroatoms. The molecule has 0 radical (unpaired) electrons. The summed E-state index contributed by atoms with van der Waals surface area (Å²) >= 11 is 0. The second-order valence-corrected chi connectivity index (χ2v) is 4.92. The number of nitrogens with one attached hydrogen (secondary N) is 1. The lowest BCUT2D eigenvalue weighted by Crippen LogP contribution is -2.28. The molecule has 19 heavy (non-hydrogen) atoms. The van der Waals surface area contributed by atoms with Crippen molar-refractivity contribution in [3.63, 3.8) is 0 Å². The molecular formula is C16H25NO2. The minimum atomic E-state index is -0.309. The van der Waals surface area contributed by atoms with E-state index < -0.39 is 0 Å². The average Bonchev–Trinajstić information content (AvgIpc) is 2.45. The molecule has 106 valence electrons. The van der Waals surface area contributed by atoms with E-state index in [9.17, 15) is 9.90 Å². The summed E-state index contributed by atoms with van der Waals surface area (Å²) < 4.78 is 0. The van der Waals surface area contributed by atoms with E-state index in [1.807, 2.05) is 25.1 Å². The molecule has 0 spiro atoms. The summed E-state index contributed by atoms with van der Waals surface area (Å²) in [4.78, 5) is 11.9. The highest BCUT2D eigenvalue weighted by Gasteiger charge is 2.13. The fourth-order valence-corrected chi connectivity index (χ4v) is 2.10. The van der Waals surface area contributed by atoms with Crippen LogP contribution in [0, 0.1) is 0 Å². The normalized spacial score (nSPS) is 13.8. The van der Waals surface area contributed by atoms with Crippen LogP contribution in [0.3, 0.4) is 0 Å². The molecule has 0 heterocycles.